The van der Waals surface area contributed by atoms with E-state index in [0.29, 0.717) is 15.6 Å². The zero-order valence-electron chi connectivity index (χ0n) is 21.2. The molecule has 13 heteroatoms. The van der Waals surface area contributed by atoms with Gasteiger partial charge in [-0.1, -0.05) is 53.4 Å². The van der Waals surface area contributed by atoms with E-state index in [0.717, 1.165) is 56.6 Å². The molecule has 0 aliphatic carbocycles. The summed E-state index contributed by atoms with van der Waals surface area (Å²) in [6.45, 7) is 1.54. The number of thiophene rings is 1. The highest BCUT2D eigenvalue weighted by Crippen LogP contribution is 2.54. The average molecular weight is 616 g/mol. The quantitative estimate of drug-likeness (QED) is 0.290. The molecule has 7 nitrogen and oxygen atoms in total. The lowest BCUT2D eigenvalue weighted by molar-refractivity contribution is -0.137. The molecule has 6 rings (SSSR count). The van der Waals surface area contributed by atoms with Crippen LogP contribution in [0.2, 0.25) is 0 Å². The van der Waals surface area contributed by atoms with Gasteiger partial charge in [0.05, 0.1) is 22.2 Å². The maximum Gasteiger partial charge on any atom is 0.416 e. The molecule has 2 aromatic heterocycles. The standard InChI is InChI=1S/C28H20F3N3O4S3/c1-14-6-2-3-9-17(14)32-19(35)13-33-26-23(41-27(33)38)20(18-10-5-11-39-18)21-22(40-26)25(37)34(24(21)36)16-8-4-7-15(12-16)28(29,30)31/h2-12,20-22H,13H2,1H3,(H,32,35). The molecule has 2 aromatic carbocycles. The summed E-state index contributed by atoms with van der Waals surface area (Å²) in [5.74, 6) is -3.31. The molecule has 4 aromatic rings. The summed E-state index contributed by atoms with van der Waals surface area (Å²) in [5, 5.41) is 4.04. The molecule has 0 saturated carbocycles. The van der Waals surface area contributed by atoms with Gasteiger partial charge in [-0.3, -0.25) is 23.7 Å². The van der Waals surface area contributed by atoms with Crippen molar-refractivity contribution in [1.29, 1.82) is 0 Å². The fourth-order valence-corrected chi connectivity index (χ4v) is 8.87. The van der Waals surface area contributed by atoms with Gasteiger partial charge in [0.15, 0.2) is 0 Å². The molecule has 4 heterocycles. The van der Waals surface area contributed by atoms with Crippen molar-refractivity contribution in [3.05, 3.63) is 96.6 Å². The van der Waals surface area contributed by atoms with Crippen molar-refractivity contribution in [2.24, 2.45) is 5.92 Å². The number of para-hydroxylation sites is 1. The number of aryl methyl sites for hydroxylation is 1. The number of anilines is 2. The number of carbonyl (C=O) groups is 3. The monoisotopic (exact) mass is 615 g/mol. The Labute approximate surface area is 243 Å². The van der Waals surface area contributed by atoms with Crippen LogP contribution in [-0.4, -0.2) is 27.5 Å². The van der Waals surface area contributed by atoms with E-state index < -0.39 is 51.4 Å². The smallest absolute Gasteiger partial charge is 0.324 e. The van der Waals surface area contributed by atoms with Crippen molar-refractivity contribution in [3.8, 4) is 0 Å². The number of thioether (sulfide) groups is 1. The summed E-state index contributed by atoms with van der Waals surface area (Å²) in [6.07, 6.45) is -4.65. The van der Waals surface area contributed by atoms with Gasteiger partial charge in [-0.05, 0) is 48.2 Å². The van der Waals surface area contributed by atoms with Crippen LogP contribution in [0.25, 0.3) is 0 Å². The van der Waals surface area contributed by atoms with Gasteiger partial charge < -0.3 is 5.32 Å². The Hall–Kier alpha value is -3.68. The lowest BCUT2D eigenvalue weighted by atomic mass is 9.87. The van der Waals surface area contributed by atoms with Crippen LogP contribution in [0.5, 0.6) is 0 Å². The summed E-state index contributed by atoms with van der Waals surface area (Å²) < 4.78 is 41.6. The van der Waals surface area contributed by atoms with Gasteiger partial charge in [0.1, 0.15) is 11.8 Å². The predicted octanol–water partition coefficient (Wildman–Crippen LogP) is 5.73. The number of fused-ring (bicyclic) bond motifs is 2. The van der Waals surface area contributed by atoms with Crippen LogP contribution in [0.1, 0.15) is 26.8 Å². The number of amides is 3. The van der Waals surface area contributed by atoms with Crippen LogP contribution < -0.4 is 15.1 Å². The van der Waals surface area contributed by atoms with E-state index in [2.05, 4.69) is 5.32 Å². The molecule has 3 unspecified atom stereocenters. The number of alkyl halides is 3. The molecule has 1 N–H and O–H groups in total. The molecule has 2 aliphatic heterocycles. The molecule has 2 aliphatic rings. The van der Waals surface area contributed by atoms with Crippen LogP contribution in [0.4, 0.5) is 24.5 Å². The zero-order chi connectivity index (χ0) is 29.1. The molecule has 3 amide bonds. The lowest BCUT2D eigenvalue weighted by Gasteiger charge is -2.29. The number of imide groups is 1. The fourth-order valence-electron chi connectivity index (χ4n) is 5.15. The molecule has 210 valence electrons. The molecular weight excluding hydrogens is 596 g/mol. The van der Waals surface area contributed by atoms with Gasteiger partial charge in [-0.15, -0.1) is 11.3 Å². The van der Waals surface area contributed by atoms with E-state index in [-0.39, 0.29) is 12.2 Å². The predicted molar refractivity (Wildman–Crippen MR) is 152 cm³/mol. The Balaban J connectivity index is 1.39. The van der Waals surface area contributed by atoms with E-state index in [1.54, 1.807) is 24.3 Å². The van der Waals surface area contributed by atoms with Crippen molar-refractivity contribution < 1.29 is 27.6 Å². The molecule has 1 saturated heterocycles. The third-order valence-electron chi connectivity index (χ3n) is 7.05. The second kappa shape index (κ2) is 10.3. The highest BCUT2D eigenvalue weighted by Gasteiger charge is 2.57. The minimum absolute atomic E-state index is 0.159. The summed E-state index contributed by atoms with van der Waals surface area (Å²) >= 11 is 3.28. The molecule has 3 atom stereocenters. The van der Waals surface area contributed by atoms with Crippen molar-refractivity contribution in [3.63, 3.8) is 0 Å². The van der Waals surface area contributed by atoms with Crippen LogP contribution in [0.15, 0.2) is 75.9 Å². The maximum absolute atomic E-state index is 13.8. The lowest BCUT2D eigenvalue weighted by Crippen LogP contribution is -2.32. The molecule has 0 radical (unpaired) electrons. The van der Waals surface area contributed by atoms with Crippen molar-refractivity contribution in [2.45, 2.75) is 35.8 Å². The Morgan fingerprint density at radius 3 is 2.49 bits per heavy atom. The van der Waals surface area contributed by atoms with E-state index in [4.69, 9.17) is 0 Å². The van der Waals surface area contributed by atoms with Crippen LogP contribution in [0.3, 0.4) is 0 Å². The number of halogens is 3. The number of thiazole rings is 1. The number of hydrogen-bond donors (Lipinski definition) is 1. The Bertz CT molecular complexity index is 1750. The summed E-state index contributed by atoms with van der Waals surface area (Å²) in [7, 11) is 0. The average Bonchev–Trinajstić information content (AvgIpc) is 3.62. The minimum Gasteiger partial charge on any atom is -0.324 e. The number of hydrogen-bond acceptors (Lipinski definition) is 7. The number of nitrogens with one attached hydrogen (secondary N) is 1. The number of aromatic nitrogens is 1. The van der Waals surface area contributed by atoms with Gasteiger partial charge in [-0.25, -0.2) is 4.90 Å². The molecular formula is C28H20F3N3O4S3. The number of rotatable bonds is 5. The summed E-state index contributed by atoms with van der Waals surface area (Å²) in [4.78, 5) is 55.4. The topological polar surface area (TPSA) is 88.5 Å². The Morgan fingerprint density at radius 1 is 1.00 bits per heavy atom. The number of carbonyl (C=O) groups excluding carboxylic acids is 3. The number of benzene rings is 2. The van der Waals surface area contributed by atoms with Crippen molar-refractivity contribution in [1.82, 2.24) is 4.57 Å². The second-order valence-corrected chi connectivity index (χ2v) is 12.7. The van der Waals surface area contributed by atoms with E-state index in [1.807, 2.05) is 24.4 Å². The van der Waals surface area contributed by atoms with Gasteiger partial charge in [0.2, 0.25) is 17.7 Å². The zero-order valence-corrected chi connectivity index (χ0v) is 23.6. The normalized spacial score (nSPS) is 20.2. The van der Waals surface area contributed by atoms with Crippen molar-refractivity contribution >= 4 is 63.5 Å². The van der Waals surface area contributed by atoms with E-state index in [9.17, 15) is 32.3 Å². The Morgan fingerprint density at radius 2 is 1.78 bits per heavy atom. The summed E-state index contributed by atoms with van der Waals surface area (Å²) in [6, 6.07) is 14.9. The Kier molecular flexibility index (Phi) is 6.91. The van der Waals surface area contributed by atoms with Crippen LogP contribution in [0, 0.1) is 12.8 Å². The first-order valence-electron chi connectivity index (χ1n) is 12.4. The van der Waals surface area contributed by atoms with Gasteiger partial charge >= 0.3 is 11.0 Å². The van der Waals surface area contributed by atoms with Crippen LogP contribution in [-0.2, 0) is 27.1 Å². The van der Waals surface area contributed by atoms with Crippen LogP contribution >= 0.6 is 34.4 Å². The van der Waals surface area contributed by atoms with E-state index in [1.165, 1.54) is 22.0 Å². The second-order valence-electron chi connectivity index (χ2n) is 9.60. The highest BCUT2D eigenvalue weighted by molar-refractivity contribution is 8.00. The highest BCUT2D eigenvalue weighted by atomic mass is 32.2. The van der Waals surface area contributed by atoms with Gasteiger partial charge in [0, 0.05) is 21.4 Å². The summed E-state index contributed by atoms with van der Waals surface area (Å²) in [5.41, 5.74) is 0.320. The molecule has 0 bridgehead atoms. The SMILES string of the molecule is Cc1ccccc1NC(=O)Cn1c2c(sc1=O)C(c1cccs1)C1C(=O)N(c3cccc(C(F)(F)F)c3)C(=O)C1S2. The van der Waals surface area contributed by atoms with Gasteiger partial charge in [-0.2, -0.15) is 13.2 Å². The minimum atomic E-state index is -4.65. The number of nitrogens with zero attached hydrogens (tertiary/aromatic N) is 2. The van der Waals surface area contributed by atoms with E-state index >= 15 is 0 Å². The first kappa shape index (κ1) is 27.5. The molecule has 41 heavy (non-hydrogen) atoms. The van der Waals surface area contributed by atoms with Gasteiger partial charge in [0.25, 0.3) is 0 Å². The first-order chi connectivity index (χ1) is 19.5. The van der Waals surface area contributed by atoms with Crippen molar-refractivity contribution in [2.75, 3.05) is 10.2 Å². The third kappa shape index (κ3) is 4.81. The largest absolute Gasteiger partial charge is 0.416 e. The maximum atomic E-state index is 13.8. The molecule has 0 spiro atoms. The first-order valence-corrected chi connectivity index (χ1v) is 15.0. The third-order valence-corrected chi connectivity index (χ3v) is 10.6. The molecule has 1 fully saturated rings. The fraction of sp³-hybridized carbons (Fsp3) is 0.214.